The van der Waals surface area contributed by atoms with Gasteiger partial charge in [-0.15, -0.1) is 0 Å². The molecule has 23 heavy (non-hydrogen) atoms. The number of benzene rings is 1. The van der Waals surface area contributed by atoms with E-state index < -0.39 is 6.10 Å². The molecule has 1 saturated heterocycles. The predicted molar refractivity (Wildman–Crippen MR) is 88.9 cm³/mol. The number of piperazine rings is 1. The first-order valence-corrected chi connectivity index (χ1v) is 8.17. The van der Waals surface area contributed by atoms with Gasteiger partial charge >= 0.3 is 0 Å². The number of aliphatic hydroxyl groups excluding tert-OH is 1. The Labute approximate surface area is 137 Å². The van der Waals surface area contributed by atoms with E-state index in [1.165, 1.54) is 0 Å². The highest BCUT2D eigenvalue weighted by Crippen LogP contribution is 2.34. The van der Waals surface area contributed by atoms with Gasteiger partial charge in [0, 0.05) is 39.8 Å². The number of carbonyl (C=O) groups excluding carboxylic acids is 1. The largest absolute Gasteiger partial charge is 0.482 e. The average Bonchev–Trinajstić information content (AvgIpc) is 2.57. The summed E-state index contributed by atoms with van der Waals surface area (Å²) in [6.07, 6.45) is 0.173. The number of nitrogens with zero attached hydrogens (tertiary/aromatic N) is 3. The fourth-order valence-corrected chi connectivity index (χ4v) is 3.04. The minimum Gasteiger partial charge on any atom is -0.482 e. The molecule has 1 unspecified atom stereocenters. The van der Waals surface area contributed by atoms with Crippen LogP contribution >= 0.6 is 0 Å². The van der Waals surface area contributed by atoms with E-state index in [0.29, 0.717) is 12.2 Å². The van der Waals surface area contributed by atoms with Crippen LogP contribution in [0.2, 0.25) is 0 Å². The van der Waals surface area contributed by atoms with Gasteiger partial charge in [-0.1, -0.05) is 6.07 Å². The lowest BCUT2D eigenvalue weighted by molar-refractivity contribution is -0.120. The molecule has 0 aliphatic carbocycles. The Morgan fingerprint density at radius 3 is 2.70 bits per heavy atom. The van der Waals surface area contributed by atoms with E-state index in [1.54, 1.807) is 11.9 Å². The molecular weight excluding hydrogens is 294 g/mol. The monoisotopic (exact) mass is 319 g/mol. The Kier molecular flexibility index (Phi) is 4.84. The molecule has 0 saturated carbocycles. The van der Waals surface area contributed by atoms with E-state index in [1.807, 2.05) is 18.2 Å². The fourth-order valence-electron chi connectivity index (χ4n) is 3.04. The van der Waals surface area contributed by atoms with Crippen LogP contribution in [-0.2, 0) is 4.79 Å². The quantitative estimate of drug-likeness (QED) is 0.886. The molecule has 1 atom stereocenters. The Morgan fingerprint density at radius 1 is 1.22 bits per heavy atom. The van der Waals surface area contributed by atoms with Gasteiger partial charge in [0.25, 0.3) is 5.91 Å². The van der Waals surface area contributed by atoms with Crippen LogP contribution in [-0.4, -0.2) is 74.2 Å². The lowest BCUT2D eigenvalue weighted by Gasteiger charge is -2.33. The number of rotatable bonds is 4. The van der Waals surface area contributed by atoms with Crippen molar-refractivity contribution in [3.8, 4) is 5.75 Å². The minimum atomic E-state index is -0.523. The Hall–Kier alpha value is -1.63. The van der Waals surface area contributed by atoms with Gasteiger partial charge in [-0.05, 0) is 31.2 Å². The molecule has 126 valence electrons. The van der Waals surface area contributed by atoms with Gasteiger partial charge < -0.3 is 24.5 Å². The van der Waals surface area contributed by atoms with Crippen molar-refractivity contribution in [3.05, 3.63) is 23.8 Å². The van der Waals surface area contributed by atoms with Crippen molar-refractivity contribution in [2.24, 2.45) is 0 Å². The molecule has 0 radical (unpaired) electrons. The van der Waals surface area contributed by atoms with Crippen molar-refractivity contribution in [2.45, 2.75) is 12.5 Å². The molecule has 0 bridgehead atoms. The number of ether oxygens (including phenoxy) is 1. The summed E-state index contributed by atoms with van der Waals surface area (Å²) in [5.74, 6) is 0.628. The van der Waals surface area contributed by atoms with Gasteiger partial charge in [0.15, 0.2) is 6.61 Å². The second-order valence-corrected chi connectivity index (χ2v) is 6.42. The normalized spacial score (nSPS) is 21.0. The van der Waals surface area contributed by atoms with E-state index in [-0.39, 0.29) is 12.5 Å². The Balaban J connectivity index is 1.61. The van der Waals surface area contributed by atoms with Crippen molar-refractivity contribution in [1.82, 2.24) is 9.80 Å². The third-order valence-corrected chi connectivity index (χ3v) is 4.77. The van der Waals surface area contributed by atoms with Gasteiger partial charge in [0.2, 0.25) is 0 Å². The maximum Gasteiger partial charge on any atom is 0.264 e. The molecule has 1 fully saturated rings. The first-order valence-electron chi connectivity index (χ1n) is 8.17. The minimum absolute atomic E-state index is 0.0680. The number of amides is 1. The van der Waals surface area contributed by atoms with Crippen LogP contribution in [0.3, 0.4) is 0 Å². The third-order valence-electron chi connectivity index (χ3n) is 4.77. The molecule has 0 spiro atoms. The zero-order valence-corrected chi connectivity index (χ0v) is 13.9. The molecule has 3 rings (SSSR count). The third kappa shape index (κ3) is 3.65. The van der Waals surface area contributed by atoms with Crippen molar-refractivity contribution >= 4 is 11.6 Å². The topological polar surface area (TPSA) is 56.2 Å². The Morgan fingerprint density at radius 2 is 1.96 bits per heavy atom. The number of fused-ring (bicyclic) bond motifs is 1. The first kappa shape index (κ1) is 16.2. The highest BCUT2D eigenvalue weighted by molar-refractivity contribution is 5.97. The number of likely N-dealkylation sites (N-methyl/N-ethyl adjacent to an activating group) is 2. The predicted octanol–water partition coefficient (Wildman–Crippen LogP) is 0.713. The zero-order valence-electron chi connectivity index (χ0n) is 13.9. The molecule has 0 aromatic heterocycles. The van der Waals surface area contributed by atoms with E-state index in [9.17, 15) is 9.90 Å². The molecule has 6 heteroatoms. The number of anilines is 1. The van der Waals surface area contributed by atoms with E-state index >= 15 is 0 Å². The van der Waals surface area contributed by atoms with Gasteiger partial charge in [-0.25, -0.2) is 0 Å². The summed E-state index contributed by atoms with van der Waals surface area (Å²) in [5, 5.41) is 10.5. The van der Waals surface area contributed by atoms with Crippen LogP contribution in [0, 0.1) is 0 Å². The highest BCUT2D eigenvalue weighted by atomic mass is 16.5. The summed E-state index contributed by atoms with van der Waals surface area (Å²) < 4.78 is 5.42. The second kappa shape index (κ2) is 6.86. The summed E-state index contributed by atoms with van der Waals surface area (Å²) in [4.78, 5) is 18.0. The first-order chi connectivity index (χ1) is 11.0. The smallest absolute Gasteiger partial charge is 0.264 e. The van der Waals surface area contributed by atoms with Crippen LogP contribution in [0.5, 0.6) is 5.75 Å². The van der Waals surface area contributed by atoms with Gasteiger partial charge in [-0.2, -0.15) is 0 Å². The Bertz CT molecular complexity index is 570. The number of aliphatic hydroxyl groups is 1. The lowest BCUT2D eigenvalue weighted by atomic mass is 10.0. The molecule has 2 aliphatic rings. The molecule has 6 nitrogen and oxygen atoms in total. The van der Waals surface area contributed by atoms with Crippen molar-refractivity contribution in [2.75, 3.05) is 58.3 Å². The van der Waals surface area contributed by atoms with Crippen LogP contribution in [0.15, 0.2) is 18.2 Å². The second-order valence-electron chi connectivity index (χ2n) is 6.42. The molecule has 1 aromatic rings. The fraction of sp³-hybridized carbons (Fsp3) is 0.588. The van der Waals surface area contributed by atoms with Crippen LogP contribution in [0.4, 0.5) is 5.69 Å². The van der Waals surface area contributed by atoms with Crippen molar-refractivity contribution < 1.29 is 14.6 Å². The summed E-state index contributed by atoms with van der Waals surface area (Å²) in [6.45, 7) is 5.24. The lowest BCUT2D eigenvalue weighted by Crippen LogP contribution is -2.44. The van der Waals surface area contributed by atoms with Gasteiger partial charge in [0.05, 0.1) is 11.8 Å². The summed E-state index contributed by atoms with van der Waals surface area (Å²) >= 11 is 0. The molecule has 2 heterocycles. The average molecular weight is 319 g/mol. The number of hydrogen-bond donors (Lipinski definition) is 1. The van der Waals surface area contributed by atoms with E-state index in [4.69, 9.17) is 4.74 Å². The van der Waals surface area contributed by atoms with Gasteiger partial charge in [0.1, 0.15) is 5.75 Å². The number of hydrogen-bond acceptors (Lipinski definition) is 5. The maximum atomic E-state index is 11.7. The molecule has 1 amide bonds. The SMILES string of the molecule is CN1CCN(CCC(O)c2ccc3c(c2)N(C)C(=O)CO3)CC1. The van der Waals surface area contributed by atoms with Crippen molar-refractivity contribution in [3.63, 3.8) is 0 Å². The van der Waals surface area contributed by atoms with E-state index in [0.717, 1.165) is 44.0 Å². The van der Waals surface area contributed by atoms with E-state index in [2.05, 4.69) is 16.8 Å². The van der Waals surface area contributed by atoms with Crippen LogP contribution < -0.4 is 9.64 Å². The molecule has 2 aliphatic heterocycles. The molecule has 1 N–H and O–H groups in total. The summed E-state index contributed by atoms with van der Waals surface area (Å²) in [5.41, 5.74) is 1.57. The van der Waals surface area contributed by atoms with Crippen molar-refractivity contribution in [1.29, 1.82) is 0 Å². The zero-order chi connectivity index (χ0) is 16.4. The molecular formula is C17H25N3O3. The van der Waals surface area contributed by atoms with Crippen LogP contribution in [0.25, 0.3) is 0 Å². The standard InChI is InChI=1S/C17H25N3O3/c1-18-7-9-20(10-8-18)6-5-15(21)13-3-4-16-14(11-13)19(2)17(22)12-23-16/h3-4,11,15,21H,5-10,12H2,1-2H3. The molecule has 1 aromatic carbocycles. The van der Waals surface area contributed by atoms with Gasteiger partial charge in [-0.3, -0.25) is 4.79 Å². The summed E-state index contributed by atoms with van der Waals surface area (Å²) in [7, 11) is 3.88. The summed E-state index contributed by atoms with van der Waals surface area (Å²) in [6, 6.07) is 5.59. The number of carbonyl (C=O) groups is 1. The maximum absolute atomic E-state index is 11.7. The van der Waals surface area contributed by atoms with Crippen LogP contribution in [0.1, 0.15) is 18.1 Å². The highest BCUT2D eigenvalue weighted by Gasteiger charge is 2.23.